The first-order chi connectivity index (χ1) is 11.9. The number of aryl methyl sites for hydroxylation is 1. The number of halogens is 2. The molecule has 0 aromatic heterocycles. The summed E-state index contributed by atoms with van der Waals surface area (Å²) in [4.78, 5) is 28.9. The number of hydrogen-bond acceptors (Lipinski definition) is 2. The van der Waals surface area contributed by atoms with Crippen LogP contribution in [0.1, 0.15) is 22.8 Å². The molecule has 25 heavy (non-hydrogen) atoms. The normalized spacial score (nSPS) is 17.8. The van der Waals surface area contributed by atoms with Gasteiger partial charge in [0.05, 0.1) is 10.6 Å². The molecule has 1 fully saturated rings. The number of carbonyl (C=O) groups excluding carboxylic acids is 2. The largest absolute Gasteiger partial charge is 0.325 e. The minimum atomic E-state index is -0.562. The second-order valence-corrected chi connectivity index (χ2v) is 6.97. The molecule has 0 radical (unpaired) electrons. The molecule has 0 spiro atoms. The number of benzene rings is 2. The molecule has 130 valence electrons. The number of rotatable bonds is 2. The van der Waals surface area contributed by atoms with E-state index in [0.29, 0.717) is 28.7 Å². The van der Waals surface area contributed by atoms with E-state index < -0.39 is 6.04 Å². The average molecular weight is 377 g/mol. The van der Waals surface area contributed by atoms with Crippen molar-refractivity contribution < 1.29 is 9.59 Å². The van der Waals surface area contributed by atoms with Crippen molar-refractivity contribution in [1.29, 1.82) is 0 Å². The van der Waals surface area contributed by atoms with Crippen molar-refractivity contribution in [1.82, 2.24) is 4.90 Å². The fourth-order valence-electron chi connectivity index (χ4n) is 3.02. The van der Waals surface area contributed by atoms with E-state index in [1.54, 1.807) is 28.9 Å². The average Bonchev–Trinajstić information content (AvgIpc) is 2.56. The molecule has 2 aromatic carbocycles. The maximum atomic E-state index is 12.8. The molecule has 1 heterocycles. The number of anilines is 1. The van der Waals surface area contributed by atoms with Crippen molar-refractivity contribution in [2.75, 3.05) is 18.0 Å². The molecule has 1 aliphatic heterocycles. The summed E-state index contributed by atoms with van der Waals surface area (Å²) < 4.78 is 0. The highest BCUT2D eigenvalue weighted by Crippen LogP contribution is 2.26. The van der Waals surface area contributed by atoms with Gasteiger partial charge in [0, 0.05) is 23.8 Å². The van der Waals surface area contributed by atoms with Gasteiger partial charge in [-0.05, 0) is 49.7 Å². The molecule has 1 saturated heterocycles. The third-order valence-electron chi connectivity index (χ3n) is 4.39. The second-order valence-electron chi connectivity index (χ2n) is 6.13. The maximum Gasteiger partial charge on any atom is 0.256 e. The maximum absolute atomic E-state index is 12.8. The van der Waals surface area contributed by atoms with Crippen LogP contribution in [-0.2, 0) is 4.79 Å². The van der Waals surface area contributed by atoms with Crippen molar-refractivity contribution in [3.63, 3.8) is 0 Å². The third kappa shape index (κ3) is 3.51. The van der Waals surface area contributed by atoms with E-state index in [0.717, 1.165) is 11.3 Å². The van der Waals surface area contributed by atoms with Crippen LogP contribution in [0.4, 0.5) is 5.69 Å². The van der Waals surface area contributed by atoms with Crippen LogP contribution < -0.4 is 4.90 Å². The van der Waals surface area contributed by atoms with Crippen LogP contribution in [0.5, 0.6) is 0 Å². The molecular formula is C19H18Cl2N2O2. The summed E-state index contributed by atoms with van der Waals surface area (Å²) in [6.07, 6.45) is 0. The van der Waals surface area contributed by atoms with Gasteiger partial charge in [-0.15, -0.1) is 0 Å². The lowest BCUT2D eigenvalue weighted by atomic mass is 10.1. The van der Waals surface area contributed by atoms with Crippen LogP contribution in [0, 0.1) is 6.92 Å². The molecule has 2 amide bonds. The molecule has 1 atom stereocenters. The monoisotopic (exact) mass is 376 g/mol. The Morgan fingerprint density at radius 1 is 1.12 bits per heavy atom. The SMILES string of the molecule is Cc1cccc(N2CCN(C(=O)c3ccc(Cl)cc3Cl)[C@@H](C)C2=O)c1. The van der Waals surface area contributed by atoms with E-state index in [2.05, 4.69) is 0 Å². The Labute approximate surface area is 156 Å². The lowest BCUT2D eigenvalue weighted by Gasteiger charge is -2.39. The summed E-state index contributed by atoms with van der Waals surface area (Å²) >= 11 is 12.0. The molecule has 3 rings (SSSR count). The molecule has 0 bridgehead atoms. The van der Waals surface area contributed by atoms with E-state index in [9.17, 15) is 9.59 Å². The molecule has 6 heteroatoms. The van der Waals surface area contributed by atoms with Crippen LogP contribution in [-0.4, -0.2) is 35.8 Å². The van der Waals surface area contributed by atoms with Crippen LogP contribution in [0.3, 0.4) is 0 Å². The molecule has 4 nitrogen and oxygen atoms in total. The van der Waals surface area contributed by atoms with Crippen LogP contribution in [0.15, 0.2) is 42.5 Å². The summed E-state index contributed by atoms with van der Waals surface area (Å²) in [6, 6.07) is 12.0. The van der Waals surface area contributed by atoms with Crippen LogP contribution >= 0.6 is 23.2 Å². The van der Waals surface area contributed by atoms with Crippen molar-refractivity contribution in [3.05, 3.63) is 63.6 Å². The summed E-state index contributed by atoms with van der Waals surface area (Å²) in [5, 5.41) is 0.758. The van der Waals surface area contributed by atoms with Gasteiger partial charge in [0.1, 0.15) is 6.04 Å². The first kappa shape index (κ1) is 17.8. The van der Waals surface area contributed by atoms with Gasteiger partial charge < -0.3 is 9.80 Å². The summed E-state index contributed by atoms with van der Waals surface area (Å²) in [6.45, 7) is 4.62. The molecule has 0 unspecified atom stereocenters. The van der Waals surface area contributed by atoms with Crippen molar-refractivity contribution >= 4 is 40.7 Å². The number of carbonyl (C=O) groups is 2. The highest BCUT2D eigenvalue weighted by atomic mass is 35.5. The molecule has 2 aromatic rings. The van der Waals surface area contributed by atoms with Gasteiger partial charge >= 0.3 is 0 Å². The zero-order valence-electron chi connectivity index (χ0n) is 14.0. The lowest BCUT2D eigenvalue weighted by molar-refractivity contribution is -0.124. The van der Waals surface area contributed by atoms with Gasteiger partial charge in [0.25, 0.3) is 5.91 Å². The standard InChI is InChI=1S/C19H18Cl2N2O2/c1-12-4-3-5-15(10-12)23-9-8-22(13(2)18(23)24)19(25)16-7-6-14(20)11-17(16)21/h3-7,10-11,13H,8-9H2,1-2H3/t13-/m0/s1. The van der Waals surface area contributed by atoms with Gasteiger partial charge in [-0.3, -0.25) is 9.59 Å². The fraction of sp³-hybridized carbons (Fsp3) is 0.263. The summed E-state index contributed by atoms with van der Waals surface area (Å²) in [5.41, 5.74) is 2.30. The number of nitrogens with zero attached hydrogens (tertiary/aromatic N) is 2. The Kier molecular flexibility index (Phi) is 5.02. The Morgan fingerprint density at radius 2 is 1.88 bits per heavy atom. The van der Waals surface area contributed by atoms with Gasteiger partial charge in [-0.1, -0.05) is 35.3 Å². The number of hydrogen-bond donors (Lipinski definition) is 0. The van der Waals surface area contributed by atoms with Gasteiger partial charge in [0.15, 0.2) is 0 Å². The first-order valence-electron chi connectivity index (χ1n) is 8.02. The molecule has 1 aliphatic rings. The van der Waals surface area contributed by atoms with E-state index >= 15 is 0 Å². The lowest BCUT2D eigenvalue weighted by Crippen LogP contribution is -2.57. The predicted molar refractivity (Wildman–Crippen MR) is 100 cm³/mol. The Balaban J connectivity index is 1.83. The summed E-state index contributed by atoms with van der Waals surface area (Å²) in [7, 11) is 0. The van der Waals surface area contributed by atoms with Gasteiger partial charge in [0.2, 0.25) is 5.91 Å². The Hall–Kier alpha value is -2.04. The van der Waals surface area contributed by atoms with E-state index in [4.69, 9.17) is 23.2 Å². The van der Waals surface area contributed by atoms with E-state index in [1.807, 2.05) is 31.2 Å². The van der Waals surface area contributed by atoms with Crippen molar-refractivity contribution in [2.24, 2.45) is 0 Å². The summed E-state index contributed by atoms with van der Waals surface area (Å²) in [5.74, 6) is -0.360. The fourth-order valence-corrected chi connectivity index (χ4v) is 3.51. The van der Waals surface area contributed by atoms with Crippen LogP contribution in [0.25, 0.3) is 0 Å². The zero-order chi connectivity index (χ0) is 18.1. The Bertz CT molecular complexity index is 838. The number of piperazine rings is 1. The third-order valence-corrected chi connectivity index (χ3v) is 4.94. The predicted octanol–water partition coefficient (Wildman–Crippen LogP) is 4.18. The highest BCUT2D eigenvalue weighted by Gasteiger charge is 2.35. The van der Waals surface area contributed by atoms with E-state index in [1.165, 1.54) is 6.07 Å². The van der Waals surface area contributed by atoms with Crippen molar-refractivity contribution in [2.45, 2.75) is 19.9 Å². The van der Waals surface area contributed by atoms with Crippen LogP contribution in [0.2, 0.25) is 10.0 Å². The van der Waals surface area contributed by atoms with Gasteiger partial charge in [-0.25, -0.2) is 0 Å². The van der Waals surface area contributed by atoms with Crippen molar-refractivity contribution in [3.8, 4) is 0 Å². The molecule has 0 aliphatic carbocycles. The first-order valence-corrected chi connectivity index (χ1v) is 8.78. The highest BCUT2D eigenvalue weighted by molar-refractivity contribution is 6.36. The zero-order valence-corrected chi connectivity index (χ0v) is 15.5. The molecular weight excluding hydrogens is 359 g/mol. The van der Waals surface area contributed by atoms with E-state index in [-0.39, 0.29) is 11.8 Å². The smallest absolute Gasteiger partial charge is 0.256 e. The minimum Gasteiger partial charge on any atom is -0.325 e. The Morgan fingerprint density at radius 3 is 2.56 bits per heavy atom. The minimum absolute atomic E-state index is 0.102. The van der Waals surface area contributed by atoms with Gasteiger partial charge in [-0.2, -0.15) is 0 Å². The topological polar surface area (TPSA) is 40.6 Å². The number of amides is 2. The molecule has 0 N–H and O–H groups in total. The quantitative estimate of drug-likeness (QED) is 0.788. The molecule has 0 saturated carbocycles. The second kappa shape index (κ2) is 7.06.